The molecule has 5 nitrogen and oxygen atoms in total. The molecule has 0 saturated carbocycles. The standard InChI is InChI=1S/C13H16N2O3/c1-2-7-15(9-13(17)18)12(16)8-10-3-5-11(14)6-4-10/h2-6H,1,7-9,14H2,(H,17,18). The van der Waals surface area contributed by atoms with Gasteiger partial charge in [0.15, 0.2) is 0 Å². The molecular formula is C13H16N2O3. The van der Waals surface area contributed by atoms with Gasteiger partial charge in [0.05, 0.1) is 6.42 Å². The maximum Gasteiger partial charge on any atom is 0.323 e. The van der Waals surface area contributed by atoms with Crippen LogP contribution in [0.2, 0.25) is 0 Å². The van der Waals surface area contributed by atoms with Gasteiger partial charge in [0.1, 0.15) is 6.54 Å². The van der Waals surface area contributed by atoms with E-state index in [0.29, 0.717) is 5.69 Å². The first-order chi connectivity index (χ1) is 8.52. The number of carbonyl (C=O) groups is 2. The first-order valence-corrected chi connectivity index (χ1v) is 5.48. The summed E-state index contributed by atoms with van der Waals surface area (Å²) in [6.07, 6.45) is 1.66. The van der Waals surface area contributed by atoms with E-state index in [9.17, 15) is 9.59 Å². The topological polar surface area (TPSA) is 83.6 Å². The van der Waals surface area contributed by atoms with E-state index >= 15 is 0 Å². The third-order valence-corrected chi connectivity index (χ3v) is 2.36. The lowest BCUT2D eigenvalue weighted by Gasteiger charge is -2.18. The van der Waals surface area contributed by atoms with Crippen LogP contribution in [0.15, 0.2) is 36.9 Å². The fourth-order valence-electron chi connectivity index (χ4n) is 1.50. The van der Waals surface area contributed by atoms with E-state index in [1.807, 2.05) is 0 Å². The van der Waals surface area contributed by atoms with Crippen LogP contribution in [0.25, 0.3) is 0 Å². The summed E-state index contributed by atoms with van der Waals surface area (Å²) in [5.74, 6) is -1.29. The first kappa shape index (κ1) is 13.8. The molecule has 1 aromatic carbocycles. The van der Waals surface area contributed by atoms with Gasteiger partial charge in [-0.15, -0.1) is 6.58 Å². The van der Waals surface area contributed by atoms with Gasteiger partial charge in [-0.1, -0.05) is 18.2 Å². The normalized spacial score (nSPS) is 9.78. The van der Waals surface area contributed by atoms with Gasteiger partial charge in [0.2, 0.25) is 5.91 Å². The highest BCUT2D eigenvalue weighted by Gasteiger charge is 2.15. The number of nitrogens with two attached hydrogens (primary N) is 1. The summed E-state index contributed by atoms with van der Waals surface area (Å²) >= 11 is 0. The summed E-state index contributed by atoms with van der Waals surface area (Å²) in [6, 6.07) is 6.91. The number of hydrogen-bond acceptors (Lipinski definition) is 3. The lowest BCUT2D eigenvalue weighted by Crippen LogP contribution is -2.36. The number of aliphatic carboxylic acids is 1. The third kappa shape index (κ3) is 4.29. The number of benzene rings is 1. The monoisotopic (exact) mass is 248 g/mol. The lowest BCUT2D eigenvalue weighted by atomic mass is 10.1. The predicted octanol–water partition coefficient (Wildman–Crippen LogP) is 0.910. The van der Waals surface area contributed by atoms with Crippen LogP contribution in [-0.2, 0) is 16.0 Å². The number of nitrogens with zero attached hydrogens (tertiary/aromatic N) is 1. The second-order valence-corrected chi connectivity index (χ2v) is 3.88. The lowest BCUT2D eigenvalue weighted by molar-refractivity contribution is -0.143. The fraction of sp³-hybridized carbons (Fsp3) is 0.231. The number of rotatable bonds is 6. The molecule has 5 heteroatoms. The maximum atomic E-state index is 11.9. The first-order valence-electron chi connectivity index (χ1n) is 5.48. The molecular weight excluding hydrogens is 232 g/mol. The van der Waals surface area contributed by atoms with Crippen LogP contribution in [0, 0.1) is 0 Å². The Balaban J connectivity index is 2.68. The van der Waals surface area contributed by atoms with E-state index in [1.54, 1.807) is 24.3 Å². The minimum atomic E-state index is -1.04. The molecule has 0 unspecified atom stereocenters. The quantitative estimate of drug-likeness (QED) is 0.579. The van der Waals surface area contributed by atoms with Crippen LogP contribution in [-0.4, -0.2) is 35.0 Å². The third-order valence-electron chi connectivity index (χ3n) is 2.36. The largest absolute Gasteiger partial charge is 0.480 e. The highest BCUT2D eigenvalue weighted by molar-refractivity contribution is 5.83. The van der Waals surface area contributed by atoms with E-state index in [4.69, 9.17) is 10.8 Å². The van der Waals surface area contributed by atoms with Gasteiger partial charge in [-0.05, 0) is 17.7 Å². The van der Waals surface area contributed by atoms with E-state index in [2.05, 4.69) is 6.58 Å². The van der Waals surface area contributed by atoms with Gasteiger partial charge in [0.25, 0.3) is 0 Å². The molecule has 0 spiro atoms. The summed E-state index contributed by atoms with van der Waals surface area (Å²) in [5, 5.41) is 8.72. The zero-order valence-electron chi connectivity index (χ0n) is 10.0. The Labute approximate surface area is 106 Å². The van der Waals surface area contributed by atoms with Crippen molar-refractivity contribution in [3.05, 3.63) is 42.5 Å². The smallest absolute Gasteiger partial charge is 0.323 e. The molecule has 0 heterocycles. The number of carboxylic acids is 1. The molecule has 0 aliphatic rings. The van der Waals surface area contributed by atoms with Gasteiger partial charge >= 0.3 is 5.97 Å². The van der Waals surface area contributed by atoms with Crippen molar-refractivity contribution in [3.8, 4) is 0 Å². The molecule has 0 bridgehead atoms. The molecule has 3 N–H and O–H groups in total. The second kappa shape index (κ2) is 6.44. The van der Waals surface area contributed by atoms with Gasteiger partial charge in [-0.2, -0.15) is 0 Å². The van der Waals surface area contributed by atoms with Gasteiger partial charge in [0, 0.05) is 12.2 Å². The maximum absolute atomic E-state index is 11.9. The molecule has 0 atom stereocenters. The average molecular weight is 248 g/mol. The van der Waals surface area contributed by atoms with Crippen molar-refractivity contribution >= 4 is 17.6 Å². The molecule has 0 fully saturated rings. The molecule has 1 amide bonds. The molecule has 0 aliphatic heterocycles. The van der Waals surface area contributed by atoms with Crippen molar-refractivity contribution in [2.24, 2.45) is 0 Å². The van der Waals surface area contributed by atoms with Crippen LogP contribution in [0.3, 0.4) is 0 Å². The molecule has 96 valence electrons. The number of nitrogen functional groups attached to an aromatic ring is 1. The summed E-state index contributed by atoms with van der Waals surface area (Å²) in [6.45, 7) is 3.41. The minimum Gasteiger partial charge on any atom is -0.480 e. The molecule has 18 heavy (non-hydrogen) atoms. The second-order valence-electron chi connectivity index (χ2n) is 3.88. The average Bonchev–Trinajstić information content (AvgIpc) is 2.31. The summed E-state index contributed by atoms with van der Waals surface area (Å²) < 4.78 is 0. The Morgan fingerprint density at radius 1 is 1.33 bits per heavy atom. The highest BCUT2D eigenvalue weighted by atomic mass is 16.4. The SMILES string of the molecule is C=CCN(CC(=O)O)C(=O)Cc1ccc(N)cc1. The fourth-order valence-corrected chi connectivity index (χ4v) is 1.50. The number of amides is 1. The van der Waals surface area contributed by atoms with E-state index in [-0.39, 0.29) is 25.4 Å². The Hall–Kier alpha value is -2.30. The zero-order chi connectivity index (χ0) is 13.5. The molecule has 0 saturated heterocycles. The van der Waals surface area contributed by atoms with E-state index < -0.39 is 5.97 Å². The molecule has 0 aliphatic carbocycles. The highest BCUT2D eigenvalue weighted by Crippen LogP contribution is 2.07. The van der Waals surface area contributed by atoms with Crippen molar-refractivity contribution in [3.63, 3.8) is 0 Å². The number of hydrogen-bond donors (Lipinski definition) is 2. The van der Waals surface area contributed by atoms with Crippen LogP contribution in [0.1, 0.15) is 5.56 Å². The predicted molar refractivity (Wildman–Crippen MR) is 69.0 cm³/mol. The van der Waals surface area contributed by atoms with E-state index in [0.717, 1.165) is 5.56 Å². The van der Waals surface area contributed by atoms with Gasteiger partial charge < -0.3 is 15.7 Å². The summed E-state index contributed by atoms with van der Waals surface area (Å²) in [4.78, 5) is 23.8. The Kier molecular flexibility index (Phi) is 4.92. The Morgan fingerprint density at radius 3 is 2.44 bits per heavy atom. The summed E-state index contributed by atoms with van der Waals surface area (Å²) in [7, 11) is 0. The van der Waals surface area contributed by atoms with Gasteiger partial charge in [-0.25, -0.2) is 0 Å². The van der Waals surface area contributed by atoms with E-state index in [1.165, 1.54) is 11.0 Å². The zero-order valence-corrected chi connectivity index (χ0v) is 10.0. The van der Waals surface area contributed by atoms with Crippen molar-refractivity contribution in [2.45, 2.75) is 6.42 Å². The number of carbonyl (C=O) groups excluding carboxylic acids is 1. The van der Waals surface area contributed by atoms with Crippen molar-refractivity contribution in [1.29, 1.82) is 0 Å². The minimum absolute atomic E-state index is 0.154. The summed E-state index contributed by atoms with van der Waals surface area (Å²) in [5.41, 5.74) is 6.97. The van der Waals surface area contributed by atoms with Crippen molar-refractivity contribution in [2.75, 3.05) is 18.8 Å². The van der Waals surface area contributed by atoms with Crippen LogP contribution in [0.4, 0.5) is 5.69 Å². The van der Waals surface area contributed by atoms with Crippen molar-refractivity contribution in [1.82, 2.24) is 4.90 Å². The number of carboxylic acid groups (broad SMARTS) is 1. The van der Waals surface area contributed by atoms with Crippen LogP contribution >= 0.6 is 0 Å². The molecule has 1 aromatic rings. The number of anilines is 1. The van der Waals surface area contributed by atoms with Crippen LogP contribution in [0.5, 0.6) is 0 Å². The van der Waals surface area contributed by atoms with Crippen LogP contribution < -0.4 is 5.73 Å². The Morgan fingerprint density at radius 2 is 1.94 bits per heavy atom. The molecule has 1 rings (SSSR count). The van der Waals surface area contributed by atoms with Crippen molar-refractivity contribution < 1.29 is 14.7 Å². The molecule has 0 radical (unpaired) electrons. The van der Waals surface area contributed by atoms with Gasteiger partial charge in [-0.3, -0.25) is 9.59 Å². The Bertz CT molecular complexity index is 440. The molecule has 0 aromatic heterocycles.